The highest BCUT2D eigenvalue weighted by Gasteiger charge is 2.10. The van der Waals surface area contributed by atoms with Gasteiger partial charge < -0.3 is 14.8 Å². The Labute approximate surface area is 127 Å². The van der Waals surface area contributed by atoms with Gasteiger partial charge in [-0.15, -0.1) is 0 Å². The maximum absolute atomic E-state index is 11.6. The summed E-state index contributed by atoms with van der Waals surface area (Å²) in [5, 5.41) is 3.30. The van der Waals surface area contributed by atoms with Gasteiger partial charge in [0.15, 0.2) is 6.61 Å². The number of carbonyl (C=O) groups excluding carboxylic acids is 1. The highest BCUT2D eigenvalue weighted by atomic mass is 16.6. The van der Waals surface area contributed by atoms with Crippen LogP contribution in [-0.4, -0.2) is 25.7 Å². The van der Waals surface area contributed by atoms with Crippen molar-refractivity contribution in [3.63, 3.8) is 0 Å². The molecule has 0 saturated heterocycles. The summed E-state index contributed by atoms with van der Waals surface area (Å²) in [6.45, 7) is 10.4. The maximum atomic E-state index is 11.6. The molecule has 0 heterocycles. The molecule has 0 spiro atoms. The molecular formula is C17H27NO3. The van der Waals surface area contributed by atoms with Gasteiger partial charge >= 0.3 is 5.97 Å². The minimum absolute atomic E-state index is 0.0298. The van der Waals surface area contributed by atoms with E-state index < -0.39 is 0 Å². The van der Waals surface area contributed by atoms with Crippen molar-refractivity contribution in [1.82, 2.24) is 5.32 Å². The van der Waals surface area contributed by atoms with Gasteiger partial charge in [0.2, 0.25) is 0 Å². The number of ether oxygens (including phenoxy) is 2. The fourth-order valence-corrected chi connectivity index (χ4v) is 2.14. The lowest BCUT2D eigenvalue weighted by Crippen LogP contribution is -2.16. The fourth-order valence-electron chi connectivity index (χ4n) is 2.14. The lowest BCUT2D eigenvalue weighted by Gasteiger charge is -2.14. The Morgan fingerprint density at radius 2 is 1.86 bits per heavy atom. The van der Waals surface area contributed by atoms with Gasteiger partial charge in [-0.1, -0.05) is 32.4 Å². The number of carbonyl (C=O) groups is 1. The molecule has 4 nitrogen and oxygen atoms in total. The molecule has 1 rings (SSSR count). The Balaban J connectivity index is 2.57. The highest BCUT2D eigenvalue weighted by Crippen LogP contribution is 2.24. The van der Waals surface area contributed by atoms with Crippen LogP contribution in [0, 0.1) is 13.8 Å². The summed E-state index contributed by atoms with van der Waals surface area (Å²) in [6, 6.07) is 4.18. The average Bonchev–Trinajstić information content (AvgIpc) is 2.44. The van der Waals surface area contributed by atoms with Gasteiger partial charge in [-0.3, -0.25) is 0 Å². The SMILES string of the molecule is CCCCOC(=O)COc1c(C)cc(CNCC)cc1C. The van der Waals surface area contributed by atoms with Crippen molar-refractivity contribution in [3.05, 3.63) is 28.8 Å². The number of benzene rings is 1. The Morgan fingerprint density at radius 1 is 1.19 bits per heavy atom. The van der Waals surface area contributed by atoms with E-state index >= 15 is 0 Å². The van der Waals surface area contributed by atoms with Gasteiger partial charge in [-0.25, -0.2) is 4.79 Å². The third-order valence-electron chi connectivity index (χ3n) is 3.19. The molecule has 1 N–H and O–H groups in total. The minimum Gasteiger partial charge on any atom is -0.481 e. The van der Waals surface area contributed by atoms with Crippen molar-refractivity contribution in [2.45, 2.75) is 47.1 Å². The molecule has 0 aromatic heterocycles. The summed E-state index contributed by atoms with van der Waals surface area (Å²) >= 11 is 0. The van der Waals surface area contributed by atoms with E-state index in [2.05, 4.69) is 31.3 Å². The van der Waals surface area contributed by atoms with Gasteiger partial charge in [0.05, 0.1) is 6.61 Å². The second kappa shape index (κ2) is 9.40. The highest BCUT2D eigenvalue weighted by molar-refractivity contribution is 5.71. The molecule has 0 bridgehead atoms. The number of aryl methyl sites for hydroxylation is 2. The molecule has 118 valence electrons. The number of hydrogen-bond acceptors (Lipinski definition) is 4. The van der Waals surface area contributed by atoms with Gasteiger partial charge in [-0.2, -0.15) is 0 Å². The Hall–Kier alpha value is -1.55. The zero-order valence-corrected chi connectivity index (χ0v) is 13.6. The van der Waals surface area contributed by atoms with Crippen molar-refractivity contribution >= 4 is 5.97 Å². The number of esters is 1. The van der Waals surface area contributed by atoms with Crippen LogP contribution in [0.2, 0.25) is 0 Å². The van der Waals surface area contributed by atoms with E-state index in [4.69, 9.17) is 9.47 Å². The van der Waals surface area contributed by atoms with E-state index in [0.717, 1.165) is 42.8 Å². The number of hydrogen-bond donors (Lipinski definition) is 1. The topological polar surface area (TPSA) is 47.6 Å². The largest absolute Gasteiger partial charge is 0.481 e. The van der Waals surface area contributed by atoms with E-state index in [0.29, 0.717) is 6.61 Å². The van der Waals surface area contributed by atoms with Crippen molar-refractivity contribution in [3.8, 4) is 5.75 Å². The molecule has 0 aliphatic carbocycles. The molecule has 0 radical (unpaired) electrons. The van der Waals surface area contributed by atoms with Gasteiger partial charge in [-0.05, 0) is 43.5 Å². The minimum atomic E-state index is -0.307. The Kier molecular flexibility index (Phi) is 7.83. The van der Waals surface area contributed by atoms with Crippen LogP contribution in [0.1, 0.15) is 43.4 Å². The summed E-state index contributed by atoms with van der Waals surface area (Å²) in [4.78, 5) is 11.6. The summed E-state index contributed by atoms with van der Waals surface area (Å²) in [5.74, 6) is 0.474. The second-order valence-electron chi connectivity index (χ2n) is 5.20. The maximum Gasteiger partial charge on any atom is 0.344 e. The lowest BCUT2D eigenvalue weighted by molar-refractivity contribution is -0.146. The molecule has 1 aromatic carbocycles. The van der Waals surface area contributed by atoms with Crippen LogP contribution in [0.25, 0.3) is 0 Å². The third-order valence-corrected chi connectivity index (χ3v) is 3.19. The monoisotopic (exact) mass is 293 g/mol. The van der Waals surface area contributed by atoms with Crippen molar-refractivity contribution in [2.24, 2.45) is 0 Å². The first-order chi connectivity index (χ1) is 10.1. The summed E-state index contributed by atoms with van der Waals surface area (Å²) < 4.78 is 10.7. The van der Waals surface area contributed by atoms with Gasteiger partial charge in [0.25, 0.3) is 0 Å². The smallest absolute Gasteiger partial charge is 0.344 e. The van der Waals surface area contributed by atoms with Crippen LogP contribution < -0.4 is 10.1 Å². The fraction of sp³-hybridized carbons (Fsp3) is 0.588. The van der Waals surface area contributed by atoms with E-state index in [-0.39, 0.29) is 12.6 Å². The van der Waals surface area contributed by atoms with Gasteiger partial charge in [0.1, 0.15) is 5.75 Å². The van der Waals surface area contributed by atoms with E-state index in [1.165, 1.54) is 5.56 Å². The zero-order chi connectivity index (χ0) is 15.7. The van der Waals surface area contributed by atoms with Crippen LogP contribution in [0.5, 0.6) is 5.75 Å². The molecule has 0 aliphatic rings. The van der Waals surface area contributed by atoms with E-state index in [9.17, 15) is 4.79 Å². The van der Waals surface area contributed by atoms with Gasteiger partial charge in [0, 0.05) is 6.54 Å². The molecule has 0 amide bonds. The van der Waals surface area contributed by atoms with Crippen molar-refractivity contribution in [1.29, 1.82) is 0 Å². The zero-order valence-electron chi connectivity index (χ0n) is 13.6. The standard InChI is InChI=1S/C17H27NO3/c1-5-7-8-20-16(19)12-21-17-13(3)9-15(10-14(17)4)11-18-6-2/h9-10,18H,5-8,11-12H2,1-4H3. The Bertz CT molecular complexity index is 434. The number of nitrogens with one attached hydrogen (secondary N) is 1. The summed E-state index contributed by atoms with van der Waals surface area (Å²) in [6.07, 6.45) is 1.91. The molecule has 0 atom stereocenters. The van der Waals surface area contributed by atoms with Crippen LogP contribution in [0.3, 0.4) is 0 Å². The predicted molar refractivity (Wildman–Crippen MR) is 84.7 cm³/mol. The first kappa shape index (κ1) is 17.5. The first-order valence-corrected chi connectivity index (χ1v) is 7.67. The van der Waals surface area contributed by atoms with E-state index in [1.54, 1.807) is 0 Å². The number of unbranched alkanes of at least 4 members (excludes halogenated alkanes) is 1. The van der Waals surface area contributed by atoms with Crippen LogP contribution >= 0.6 is 0 Å². The molecule has 4 heteroatoms. The van der Waals surface area contributed by atoms with Crippen LogP contribution in [0.4, 0.5) is 0 Å². The predicted octanol–water partition coefficient (Wildman–Crippen LogP) is 3.14. The van der Waals surface area contributed by atoms with Crippen molar-refractivity contribution in [2.75, 3.05) is 19.8 Å². The second-order valence-corrected chi connectivity index (χ2v) is 5.20. The molecule has 21 heavy (non-hydrogen) atoms. The van der Waals surface area contributed by atoms with Crippen LogP contribution in [-0.2, 0) is 16.1 Å². The average molecular weight is 293 g/mol. The number of rotatable bonds is 9. The van der Waals surface area contributed by atoms with Crippen LogP contribution in [0.15, 0.2) is 12.1 Å². The molecule has 0 aliphatic heterocycles. The first-order valence-electron chi connectivity index (χ1n) is 7.67. The quantitative estimate of drug-likeness (QED) is 0.561. The molecule has 0 saturated carbocycles. The molecular weight excluding hydrogens is 266 g/mol. The van der Waals surface area contributed by atoms with E-state index in [1.807, 2.05) is 13.8 Å². The summed E-state index contributed by atoms with van der Waals surface area (Å²) in [5.41, 5.74) is 3.32. The summed E-state index contributed by atoms with van der Waals surface area (Å²) in [7, 11) is 0. The lowest BCUT2D eigenvalue weighted by atomic mass is 10.1. The Morgan fingerprint density at radius 3 is 2.43 bits per heavy atom. The molecule has 1 aromatic rings. The normalized spacial score (nSPS) is 10.5. The molecule has 0 fully saturated rings. The third kappa shape index (κ3) is 6.17. The molecule has 0 unspecified atom stereocenters. The van der Waals surface area contributed by atoms with Crippen molar-refractivity contribution < 1.29 is 14.3 Å².